The molecule has 60 heavy (non-hydrogen) atoms. The van der Waals surface area contributed by atoms with Gasteiger partial charge in [-0.2, -0.15) is 11.8 Å². The number of hydrogen-bond donors (Lipinski definition) is 4. The highest BCUT2D eigenvalue weighted by Gasteiger charge is 2.45. The van der Waals surface area contributed by atoms with Crippen LogP contribution in [0.5, 0.6) is 0 Å². The Hall–Kier alpha value is -4.92. The summed E-state index contributed by atoms with van der Waals surface area (Å²) in [7, 11) is 0. The monoisotopic (exact) mass is 849 g/mol. The van der Waals surface area contributed by atoms with Crippen LogP contribution in [0.15, 0.2) is 60.7 Å². The van der Waals surface area contributed by atoms with E-state index >= 15 is 0 Å². The Kier molecular flexibility index (Phi) is 18.4. The lowest BCUT2D eigenvalue weighted by Crippen LogP contribution is -2.58. The first-order valence-corrected chi connectivity index (χ1v) is 22.2. The number of thioether (sulfide) groups is 1. The molecule has 0 radical (unpaired) electrons. The molecular weight excluding hydrogens is 787 g/mol. The van der Waals surface area contributed by atoms with Crippen molar-refractivity contribution < 1.29 is 43.0 Å². The second kappa shape index (κ2) is 23.2. The summed E-state index contributed by atoms with van der Waals surface area (Å²) >= 11 is 1.62. The summed E-state index contributed by atoms with van der Waals surface area (Å²) in [5.74, 6) is -3.82. The summed E-state index contributed by atoms with van der Waals surface area (Å²) in [6, 6.07) is 14.1. The highest BCUT2D eigenvalue weighted by Crippen LogP contribution is 2.34. The van der Waals surface area contributed by atoms with E-state index in [1.807, 2.05) is 44.2 Å². The number of likely N-dealkylation sites (tertiary alicyclic amines) is 1. The van der Waals surface area contributed by atoms with Crippen LogP contribution in [0.2, 0.25) is 0 Å². The molecule has 0 aromatic heterocycles. The smallest absolute Gasteiger partial charge is 0.407 e. The van der Waals surface area contributed by atoms with Gasteiger partial charge < -0.3 is 35.6 Å². The third kappa shape index (κ3) is 15.0. The number of Topliss-reactive ketones (excluding diaryl/α,β-unsaturated/α-hetero) is 1. The molecule has 1 saturated carbocycles. The van der Waals surface area contributed by atoms with Crippen LogP contribution < -0.4 is 21.3 Å². The van der Waals surface area contributed by atoms with Gasteiger partial charge in [-0.3, -0.25) is 24.0 Å². The first kappa shape index (κ1) is 47.8. The van der Waals surface area contributed by atoms with E-state index in [-0.39, 0.29) is 42.6 Å². The molecule has 5 atom stereocenters. The number of esters is 1. The second-order valence-corrected chi connectivity index (χ2v) is 18.3. The zero-order valence-corrected chi connectivity index (χ0v) is 36.6. The molecule has 5 unspecified atom stereocenters. The second-order valence-electron chi connectivity index (χ2n) is 17.0. The standard InChI is InChI=1S/C45H63N5O9S/c1-7-17-34(39(52)41(54)46-25-36(51)48-38(32-22-15-10-16-23-32)43(56)59-45(4,5)6)47-40(53)35-24-33(60-28-30-18-11-8-12-19-30)26-50(35)42(55)37(31-20-13-9-14-21-31)49-44(57)58-27-29(2)3/h8,10-12,15-16,18-19,22-23,29,31,33-35,37-38H,7,9,13-14,17,20-21,24-28H2,1-6H3,(H,46,54)(H,47,53)(H,48,51)(H,49,57). The van der Waals surface area contributed by atoms with Crippen molar-refractivity contribution in [2.24, 2.45) is 11.8 Å². The quantitative estimate of drug-likeness (QED) is 0.105. The molecule has 328 valence electrons. The van der Waals surface area contributed by atoms with Crippen molar-refractivity contribution in [3.63, 3.8) is 0 Å². The Morgan fingerprint density at radius 3 is 2.13 bits per heavy atom. The molecule has 0 spiro atoms. The summed E-state index contributed by atoms with van der Waals surface area (Å²) in [6.07, 6.45) is 4.52. The van der Waals surface area contributed by atoms with Gasteiger partial charge in [0.25, 0.3) is 5.91 Å². The van der Waals surface area contributed by atoms with Gasteiger partial charge in [0.15, 0.2) is 6.04 Å². The van der Waals surface area contributed by atoms with E-state index < -0.39 is 71.9 Å². The minimum atomic E-state index is -1.24. The molecule has 4 N–H and O–H groups in total. The van der Waals surface area contributed by atoms with Crippen LogP contribution >= 0.6 is 11.8 Å². The van der Waals surface area contributed by atoms with Gasteiger partial charge in [0.05, 0.1) is 19.2 Å². The molecule has 5 amide bonds. The molecule has 4 rings (SSSR count). The van der Waals surface area contributed by atoms with E-state index in [2.05, 4.69) is 21.3 Å². The summed E-state index contributed by atoms with van der Waals surface area (Å²) < 4.78 is 10.9. The Morgan fingerprint density at radius 1 is 0.867 bits per heavy atom. The van der Waals surface area contributed by atoms with Crippen molar-refractivity contribution in [3.8, 4) is 0 Å². The van der Waals surface area contributed by atoms with E-state index in [0.717, 1.165) is 37.7 Å². The molecule has 0 bridgehead atoms. The number of nitrogens with one attached hydrogen (secondary N) is 4. The van der Waals surface area contributed by atoms with Crippen LogP contribution in [0.1, 0.15) is 110 Å². The van der Waals surface area contributed by atoms with Gasteiger partial charge in [0, 0.05) is 17.5 Å². The number of nitrogens with zero attached hydrogens (tertiary/aromatic N) is 1. The summed E-state index contributed by atoms with van der Waals surface area (Å²) in [4.78, 5) is 96.3. The minimum Gasteiger partial charge on any atom is -0.458 e. The molecule has 1 heterocycles. The van der Waals surface area contributed by atoms with Crippen molar-refractivity contribution in [1.29, 1.82) is 0 Å². The van der Waals surface area contributed by atoms with E-state index in [1.165, 1.54) is 4.90 Å². The van der Waals surface area contributed by atoms with Crippen molar-refractivity contribution in [2.45, 2.75) is 134 Å². The molecular formula is C45H63N5O9S. The third-order valence-electron chi connectivity index (χ3n) is 10.3. The van der Waals surface area contributed by atoms with Gasteiger partial charge in [-0.05, 0) is 69.4 Å². The van der Waals surface area contributed by atoms with Gasteiger partial charge in [-0.15, -0.1) is 0 Å². The summed E-state index contributed by atoms with van der Waals surface area (Å²) in [5.41, 5.74) is 0.741. The van der Waals surface area contributed by atoms with Crippen molar-refractivity contribution in [1.82, 2.24) is 26.2 Å². The molecule has 1 saturated heterocycles. The van der Waals surface area contributed by atoms with Crippen LogP contribution in [0.3, 0.4) is 0 Å². The van der Waals surface area contributed by atoms with E-state index in [9.17, 15) is 33.6 Å². The Bertz CT molecular complexity index is 1760. The topological polar surface area (TPSA) is 189 Å². The normalized spacial score (nSPS) is 18.4. The number of alkyl carbamates (subject to hydrolysis) is 1. The predicted octanol–water partition coefficient (Wildman–Crippen LogP) is 5.39. The Balaban J connectivity index is 1.48. The number of rotatable bonds is 19. The number of benzene rings is 2. The van der Waals surface area contributed by atoms with Gasteiger partial charge in [0.2, 0.25) is 23.5 Å². The Morgan fingerprint density at radius 2 is 1.52 bits per heavy atom. The number of amides is 5. The van der Waals surface area contributed by atoms with E-state index in [4.69, 9.17) is 9.47 Å². The molecule has 1 aliphatic carbocycles. The molecule has 14 nitrogen and oxygen atoms in total. The fraction of sp³-hybridized carbons (Fsp3) is 0.578. The zero-order chi connectivity index (χ0) is 43.8. The zero-order valence-electron chi connectivity index (χ0n) is 35.8. The number of hydrogen-bond acceptors (Lipinski definition) is 10. The molecule has 15 heteroatoms. The van der Waals surface area contributed by atoms with Gasteiger partial charge >= 0.3 is 12.1 Å². The van der Waals surface area contributed by atoms with Gasteiger partial charge in [-0.25, -0.2) is 9.59 Å². The van der Waals surface area contributed by atoms with Crippen LogP contribution in [-0.4, -0.2) is 95.0 Å². The number of ether oxygens (including phenoxy) is 2. The van der Waals surface area contributed by atoms with Crippen molar-refractivity contribution in [3.05, 3.63) is 71.8 Å². The van der Waals surface area contributed by atoms with E-state index in [0.29, 0.717) is 24.2 Å². The lowest BCUT2D eigenvalue weighted by Gasteiger charge is -2.34. The predicted molar refractivity (Wildman–Crippen MR) is 229 cm³/mol. The number of carbonyl (C=O) groups is 7. The van der Waals surface area contributed by atoms with E-state index in [1.54, 1.807) is 69.8 Å². The molecule has 2 aliphatic rings. The van der Waals surface area contributed by atoms with Crippen molar-refractivity contribution >= 4 is 53.2 Å². The molecule has 2 aromatic rings. The number of ketones is 1. The lowest BCUT2D eigenvalue weighted by atomic mass is 9.83. The fourth-order valence-electron chi connectivity index (χ4n) is 7.36. The van der Waals surface area contributed by atoms with Crippen LogP contribution in [0, 0.1) is 11.8 Å². The van der Waals surface area contributed by atoms with Crippen molar-refractivity contribution in [2.75, 3.05) is 19.7 Å². The van der Waals surface area contributed by atoms with Crippen LogP contribution in [0.4, 0.5) is 4.79 Å². The highest BCUT2D eigenvalue weighted by atomic mass is 32.2. The summed E-state index contributed by atoms with van der Waals surface area (Å²) in [6.45, 7) is 10.6. The minimum absolute atomic E-state index is 0.0998. The number of carbonyl (C=O) groups excluding carboxylic acids is 7. The SMILES string of the molecule is CCCC(NC(=O)C1CC(SCc2ccccc2)CN1C(=O)C(NC(=O)OCC(C)C)C1CCCCC1)C(=O)C(=O)NCC(=O)NC(C(=O)OC(C)(C)C)c1ccccc1. The van der Waals surface area contributed by atoms with Gasteiger partial charge in [0.1, 0.15) is 17.7 Å². The third-order valence-corrected chi connectivity index (χ3v) is 11.6. The highest BCUT2D eigenvalue weighted by molar-refractivity contribution is 7.99. The van der Waals surface area contributed by atoms with Crippen LogP contribution in [0.25, 0.3) is 0 Å². The maximum absolute atomic E-state index is 14.6. The maximum atomic E-state index is 14.6. The largest absolute Gasteiger partial charge is 0.458 e. The fourth-order valence-corrected chi connectivity index (χ4v) is 8.57. The first-order chi connectivity index (χ1) is 28.6. The average molecular weight is 850 g/mol. The Labute approximate surface area is 358 Å². The van der Waals surface area contributed by atoms with Gasteiger partial charge in [-0.1, -0.05) is 107 Å². The molecule has 1 aliphatic heterocycles. The maximum Gasteiger partial charge on any atom is 0.407 e. The molecule has 2 aromatic carbocycles. The van der Waals surface area contributed by atoms with Crippen LogP contribution in [-0.2, 0) is 44.0 Å². The first-order valence-electron chi connectivity index (χ1n) is 21.1. The average Bonchev–Trinajstić information content (AvgIpc) is 3.66. The lowest BCUT2D eigenvalue weighted by molar-refractivity contribution is -0.158. The molecule has 2 fully saturated rings. The summed E-state index contributed by atoms with van der Waals surface area (Å²) in [5, 5.41) is 10.4.